The van der Waals surface area contributed by atoms with Gasteiger partial charge in [0.05, 0.1) is 27.8 Å². The second-order valence-electron chi connectivity index (χ2n) is 6.09. The highest BCUT2D eigenvalue weighted by molar-refractivity contribution is 7.16. The molecule has 0 unspecified atom stereocenters. The molecule has 1 heterocycles. The number of hydrogen-bond acceptors (Lipinski definition) is 6. The van der Waals surface area contributed by atoms with Gasteiger partial charge in [-0.25, -0.2) is 4.79 Å². The van der Waals surface area contributed by atoms with Crippen LogP contribution in [0, 0.1) is 10.1 Å². The van der Waals surface area contributed by atoms with Crippen LogP contribution >= 0.6 is 11.3 Å². The average Bonchev–Trinajstić information content (AvgIpc) is 3.08. The zero-order valence-corrected chi connectivity index (χ0v) is 16.8. The molecule has 8 nitrogen and oxygen atoms in total. The largest absolute Gasteiger partial charge is 0.465 e. The summed E-state index contributed by atoms with van der Waals surface area (Å²) in [6.45, 7) is 4.18. The van der Waals surface area contributed by atoms with Crippen LogP contribution in [0.1, 0.15) is 15.9 Å². The van der Waals surface area contributed by atoms with Crippen LogP contribution in [-0.4, -0.2) is 28.5 Å². The van der Waals surface area contributed by atoms with Crippen LogP contribution in [0.2, 0.25) is 0 Å². The van der Waals surface area contributed by atoms with Gasteiger partial charge in [-0.2, -0.15) is 4.99 Å². The second-order valence-corrected chi connectivity index (χ2v) is 7.10. The molecule has 0 saturated heterocycles. The molecule has 30 heavy (non-hydrogen) atoms. The highest BCUT2D eigenvalue weighted by atomic mass is 32.1. The van der Waals surface area contributed by atoms with Crippen LogP contribution < -0.4 is 4.80 Å². The van der Waals surface area contributed by atoms with Crippen molar-refractivity contribution >= 4 is 45.2 Å². The van der Waals surface area contributed by atoms with Gasteiger partial charge in [-0.15, -0.1) is 6.58 Å². The number of nitrogens with zero attached hydrogens (tertiary/aromatic N) is 3. The van der Waals surface area contributed by atoms with Crippen LogP contribution in [0.15, 0.2) is 66.2 Å². The van der Waals surface area contributed by atoms with Crippen molar-refractivity contribution in [3.05, 3.63) is 87.2 Å². The van der Waals surface area contributed by atoms with Gasteiger partial charge in [-0.3, -0.25) is 14.9 Å². The topological polar surface area (TPSA) is 104 Å². The van der Waals surface area contributed by atoms with Gasteiger partial charge in [-0.05, 0) is 42.0 Å². The Morgan fingerprint density at radius 3 is 2.63 bits per heavy atom. The van der Waals surface area contributed by atoms with Gasteiger partial charge >= 0.3 is 5.97 Å². The molecule has 0 spiro atoms. The number of non-ortho nitro benzene ring substituents is 1. The van der Waals surface area contributed by atoms with E-state index in [0.717, 1.165) is 10.2 Å². The summed E-state index contributed by atoms with van der Waals surface area (Å²) < 4.78 is 7.36. The molecule has 9 heteroatoms. The predicted octanol–water partition coefficient (Wildman–Crippen LogP) is 3.72. The van der Waals surface area contributed by atoms with Crippen molar-refractivity contribution in [3.8, 4) is 0 Å². The molecule has 0 fully saturated rings. The number of carbonyl (C=O) groups excluding carboxylic acids is 2. The predicted molar refractivity (Wildman–Crippen MR) is 114 cm³/mol. The summed E-state index contributed by atoms with van der Waals surface area (Å²) in [5.41, 5.74) is 1.85. The van der Waals surface area contributed by atoms with E-state index in [4.69, 9.17) is 4.74 Å². The molecule has 0 aliphatic heterocycles. The summed E-state index contributed by atoms with van der Waals surface area (Å²) in [5, 5.41) is 10.7. The highest BCUT2D eigenvalue weighted by Gasteiger charge is 2.11. The summed E-state index contributed by atoms with van der Waals surface area (Å²) in [7, 11) is 1.32. The lowest BCUT2D eigenvalue weighted by molar-refractivity contribution is -0.384. The molecule has 2 aromatic carbocycles. The molecule has 0 aliphatic rings. The summed E-state index contributed by atoms with van der Waals surface area (Å²) >= 11 is 1.27. The fourth-order valence-corrected chi connectivity index (χ4v) is 3.80. The van der Waals surface area contributed by atoms with Crippen LogP contribution in [0.3, 0.4) is 0 Å². The molecule has 1 aromatic heterocycles. The lowest BCUT2D eigenvalue weighted by atomic mass is 10.2. The van der Waals surface area contributed by atoms with Gasteiger partial charge in [0.2, 0.25) is 0 Å². The van der Waals surface area contributed by atoms with Gasteiger partial charge in [0, 0.05) is 24.8 Å². The van der Waals surface area contributed by atoms with Gasteiger partial charge in [-0.1, -0.05) is 17.4 Å². The third-order valence-electron chi connectivity index (χ3n) is 4.14. The lowest BCUT2D eigenvalue weighted by Gasteiger charge is -2.02. The molecule has 0 atom stereocenters. The Balaban J connectivity index is 1.94. The molecule has 0 saturated carbocycles. The number of rotatable bonds is 6. The number of fused-ring (bicyclic) bond motifs is 1. The van der Waals surface area contributed by atoms with E-state index in [9.17, 15) is 19.7 Å². The number of methoxy groups -OCH3 is 1. The number of carbonyl (C=O) groups is 2. The maximum atomic E-state index is 12.3. The van der Waals surface area contributed by atoms with Crippen molar-refractivity contribution in [3.63, 3.8) is 0 Å². The summed E-state index contributed by atoms with van der Waals surface area (Å²) in [4.78, 5) is 38.9. The Morgan fingerprint density at radius 1 is 1.27 bits per heavy atom. The fraction of sp³-hybridized carbons (Fsp3) is 0.0952. The monoisotopic (exact) mass is 423 g/mol. The molecule has 0 aliphatic carbocycles. The standard InChI is InChI=1S/C21H17N3O5S/c1-3-12-23-17-10-7-15(20(26)29-2)13-18(17)30-21(23)22-19(25)11-6-14-4-8-16(9-5-14)24(27)28/h3-11,13H,1,12H2,2H3. The number of ether oxygens (including phenoxy) is 1. The van der Waals surface area contributed by atoms with E-state index in [1.54, 1.807) is 36.4 Å². The Kier molecular flexibility index (Phi) is 6.33. The van der Waals surface area contributed by atoms with Crippen LogP contribution in [0.4, 0.5) is 5.69 Å². The quantitative estimate of drug-likeness (QED) is 0.198. The Labute approximate surface area is 175 Å². The van der Waals surface area contributed by atoms with Crippen molar-refractivity contribution in [1.82, 2.24) is 4.57 Å². The molecule has 3 aromatic rings. The van der Waals surface area contributed by atoms with Crippen LogP contribution in [-0.2, 0) is 16.1 Å². The number of thiazole rings is 1. The van der Waals surface area contributed by atoms with Crippen LogP contribution in [0.5, 0.6) is 0 Å². The number of allylic oxidation sites excluding steroid dienone is 1. The zero-order chi connectivity index (χ0) is 21.7. The number of esters is 1. The molecule has 0 N–H and O–H groups in total. The number of hydrogen-bond donors (Lipinski definition) is 0. The molecular weight excluding hydrogens is 406 g/mol. The molecular formula is C21H17N3O5S. The molecule has 0 radical (unpaired) electrons. The van der Waals surface area contributed by atoms with E-state index in [0.29, 0.717) is 22.5 Å². The molecule has 152 valence electrons. The minimum atomic E-state index is -0.487. The van der Waals surface area contributed by atoms with Crippen molar-refractivity contribution in [2.45, 2.75) is 6.54 Å². The molecule has 0 bridgehead atoms. The second kappa shape index (κ2) is 9.10. The van der Waals surface area contributed by atoms with Crippen molar-refractivity contribution < 1.29 is 19.2 Å². The van der Waals surface area contributed by atoms with E-state index in [-0.39, 0.29) is 5.69 Å². The number of benzene rings is 2. The van der Waals surface area contributed by atoms with Gasteiger partial charge in [0.1, 0.15) is 0 Å². The third-order valence-corrected chi connectivity index (χ3v) is 5.18. The average molecular weight is 423 g/mol. The van der Waals surface area contributed by atoms with Crippen molar-refractivity contribution in [2.24, 2.45) is 4.99 Å². The van der Waals surface area contributed by atoms with E-state index in [1.807, 2.05) is 4.57 Å². The summed E-state index contributed by atoms with van der Waals surface area (Å²) in [6.07, 6.45) is 4.52. The normalized spacial score (nSPS) is 11.7. The smallest absolute Gasteiger partial charge is 0.337 e. The van der Waals surface area contributed by atoms with E-state index in [2.05, 4.69) is 11.6 Å². The van der Waals surface area contributed by atoms with Gasteiger partial charge in [0.15, 0.2) is 4.80 Å². The first-order chi connectivity index (χ1) is 14.4. The fourth-order valence-electron chi connectivity index (χ4n) is 2.72. The van der Waals surface area contributed by atoms with E-state index in [1.165, 1.54) is 42.7 Å². The number of aromatic nitrogens is 1. The van der Waals surface area contributed by atoms with E-state index < -0.39 is 16.8 Å². The molecule has 3 rings (SSSR count). The van der Waals surface area contributed by atoms with Crippen molar-refractivity contribution in [2.75, 3.05) is 7.11 Å². The third kappa shape index (κ3) is 4.58. The maximum absolute atomic E-state index is 12.3. The van der Waals surface area contributed by atoms with Crippen molar-refractivity contribution in [1.29, 1.82) is 0 Å². The van der Waals surface area contributed by atoms with E-state index >= 15 is 0 Å². The first-order valence-electron chi connectivity index (χ1n) is 8.76. The molecule has 1 amide bonds. The summed E-state index contributed by atoms with van der Waals surface area (Å²) in [6, 6.07) is 11.0. The maximum Gasteiger partial charge on any atom is 0.337 e. The van der Waals surface area contributed by atoms with Gasteiger partial charge in [0.25, 0.3) is 11.6 Å². The first-order valence-corrected chi connectivity index (χ1v) is 9.58. The van der Waals surface area contributed by atoms with Gasteiger partial charge < -0.3 is 9.30 Å². The zero-order valence-electron chi connectivity index (χ0n) is 16.0. The minimum Gasteiger partial charge on any atom is -0.465 e. The highest BCUT2D eigenvalue weighted by Crippen LogP contribution is 2.20. The SMILES string of the molecule is C=CCn1c(=NC(=O)C=Cc2ccc([N+](=O)[O-])cc2)sc2cc(C(=O)OC)ccc21. The number of nitro groups is 1. The Morgan fingerprint density at radius 2 is 2.00 bits per heavy atom. The lowest BCUT2D eigenvalue weighted by Crippen LogP contribution is -2.15. The Hall–Kier alpha value is -3.85. The minimum absolute atomic E-state index is 0.0229. The number of amides is 1. The first kappa shape index (κ1) is 20.9. The summed E-state index contributed by atoms with van der Waals surface area (Å²) in [5.74, 6) is -0.924. The van der Waals surface area contributed by atoms with Crippen LogP contribution in [0.25, 0.3) is 16.3 Å². The Bertz CT molecular complexity index is 1240. The number of nitro benzene ring substituents is 1.